The van der Waals surface area contributed by atoms with E-state index in [1.807, 2.05) is 18.2 Å². The van der Waals surface area contributed by atoms with Crippen molar-refractivity contribution in [1.29, 1.82) is 5.26 Å². The van der Waals surface area contributed by atoms with Crippen LogP contribution in [0.5, 0.6) is 0 Å². The van der Waals surface area contributed by atoms with Gasteiger partial charge in [0.05, 0.1) is 17.3 Å². The smallest absolute Gasteiger partial charge is 0.0992 e. The van der Waals surface area contributed by atoms with Crippen LogP contribution in [0.3, 0.4) is 0 Å². The summed E-state index contributed by atoms with van der Waals surface area (Å²) in [6, 6.07) is 7.95. The van der Waals surface area contributed by atoms with Crippen molar-refractivity contribution in [3.8, 4) is 6.07 Å². The normalized spacial score (nSPS) is 16.5. The van der Waals surface area contributed by atoms with Crippen molar-refractivity contribution in [2.45, 2.75) is 20.8 Å². The summed E-state index contributed by atoms with van der Waals surface area (Å²) >= 11 is 3.54. The molecule has 0 saturated carbocycles. The lowest BCUT2D eigenvalue weighted by Gasteiger charge is -2.48. The van der Waals surface area contributed by atoms with Gasteiger partial charge in [-0.2, -0.15) is 5.26 Å². The Hall–Kier alpha value is -1.01. The third kappa shape index (κ3) is 2.47. The summed E-state index contributed by atoms with van der Waals surface area (Å²) in [7, 11) is 0. The third-order valence-corrected chi connectivity index (χ3v) is 4.16. The summed E-state index contributed by atoms with van der Waals surface area (Å²) in [5.41, 5.74) is 2.29. The standard InChI is InChI=1S/C14H17BrN2/c1-14(2,3)11-8-17(9-11)13-5-4-10(7-16)6-12(13)15/h4-6,11H,8-9H2,1-3H3. The number of hydrogen-bond donors (Lipinski definition) is 0. The molecular weight excluding hydrogens is 276 g/mol. The zero-order valence-electron chi connectivity index (χ0n) is 10.5. The lowest BCUT2D eigenvalue weighted by atomic mass is 9.76. The first-order valence-corrected chi connectivity index (χ1v) is 6.65. The molecule has 0 N–H and O–H groups in total. The molecule has 0 bridgehead atoms. The molecular formula is C14H17BrN2. The molecule has 0 atom stereocenters. The minimum Gasteiger partial charge on any atom is -0.370 e. The maximum absolute atomic E-state index is 8.83. The number of anilines is 1. The van der Waals surface area contributed by atoms with E-state index in [0.29, 0.717) is 11.0 Å². The van der Waals surface area contributed by atoms with Crippen LogP contribution in [0.2, 0.25) is 0 Å². The largest absolute Gasteiger partial charge is 0.370 e. The number of nitriles is 1. The summed E-state index contributed by atoms with van der Waals surface area (Å²) in [5.74, 6) is 0.755. The highest BCUT2D eigenvalue weighted by molar-refractivity contribution is 9.10. The van der Waals surface area contributed by atoms with Crippen LogP contribution < -0.4 is 4.90 Å². The molecule has 1 aliphatic rings. The molecule has 1 aliphatic heterocycles. The second-order valence-electron chi connectivity index (χ2n) is 5.75. The van der Waals surface area contributed by atoms with Gasteiger partial charge in [-0.3, -0.25) is 0 Å². The molecule has 0 radical (unpaired) electrons. The molecule has 90 valence electrons. The van der Waals surface area contributed by atoms with Crippen molar-refractivity contribution >= 4 is 21.6 Å². The van der Waals surface area contributed by atoms with E-state index in [1.165, 1.54) is 5.69 Å². The highest BCUT2D eigenvalue weighted by Crippen LogP contribution is 2.38. The molecule has 1 fully saturated rings. The molecule has 0 amide bonds. The van der Waals surface area contributed by atoms with Crippen LogP contribution in [-0.4, -0.2) is 13.1 Å². The van der Waals surface area contributed by atoms with Crippen LogP contribution in [0, 0.1) is 22.7 Å². The summed E-state index contributed by atoms with van der Waals surface area (Å²) in [4.78, 5) is 2.36. The first kappa shape index (κ1) is 12.4. The van der Waals surface area contributed by atoms with Crippen LogP contribution >= 0.6 is 15.9 Å². The van der Waals surface area contributed by atoms with Gasteiger partial charge in [0.1, 0.15) is 0 Å². The fraction of sp³-hybridized carbons (Fsp3) is 0.500. The number of hydrogen-bond acceptors (Lipinski definition) is 2. The molecule has 1 saturated heterocycles. The van der Waals surface area contributed by atoms with E-state index < -0.39 is 0 Å². The number of rotatable bonds is 1. The van der Waals surface area contributed by atoms with Crippen LogP contribution in [0.25, 0.3) is 0 Å². The number of benzene rings is 1. The summed E-state index contributed by atoms with van der Waals surface area (Å²) in [5, 5.41) is 8.83. The molecule has 0 unspecified atom stereocenters. The molecule has 2 rings (SSSR count). The van der Waals surface area contributed by atoms with Crippen LogP contribution in [0.1, 0.15) is 26.3 Å². The van der Waals surface area contributed by atoms with Crippen molar-refractivity contribution in [2.75, 3.05) is 18.0 Å². The lowest BCUT2D eigenvalue weighted by Crippen LogP contribution is -2.52. The van der Waals surface area contributed by atoms with Crippen molar-refractivity contribution < 1.29 is 0 Å². The van der Waals surface area contributed by atoms with E-state index in [1.54, 1.807) is 0 Å². The van der Waals surface area contributed by atoms with Gasteiger partial charge in [-0.25, -0.2) is 0 Å². The van der Waals surface area contributed by atoms with E-state index in [0.717, 1.165) is 23.5 Å². The Morgan fingerprint density at radius 1 is 1.35 bits per heavy atom. The molecule has 3 heteroatoms. The Bertz CT molecular complexity index is 462. The highest BCUT2D eigenvalue weighted by atomic mass is 79.9. The van der Waals surface area contributed by atoms with Gasteiger partial charge in [0.2, 0.25) is 0 Å². The van der Waals surface area contributed by atoms with Gasteiger partial charge in [-0.15, -0.1) is 0 Å². The zero-order valence-corrected chi connectivity index (χ0v) is 12.1. The van der Waals surface area contributed by atoms with Gasteiger partial charge in [-0.1, -0.05) is 20.8 Å². The number of halogens is 1. The average molecular weight is 293 g/mol. The van der Waals surface area contributed by atoms with Crippen molar-refractivity contribution in [3.63, 3.8) is 0 Å². The molecule has 1 heterocycles. The SMILES string of the molecule is CC(C)(C)C1CN(c2ccc(C#N)cc2Br)C1. The molecule has 1 aromatic carbocycles. The van der Waals surface area contributed by atoms with Gasteiger partial charge in [-0.05, 0) is 45.5 Å². The van der Waals surface area contributed by atoms with Crippen LogP contribution in [-0.2, 0) is 0 Å². The second kappa shape index (κ2) is 4.34. The molecule has 0 aromatic heterocycles. The van der Waals surface area contributed by atoms with Gasteiger partial charge >= 0.3 is 0 Å². The van der Waals surface area contributed by atoms with Gasteiger partial charge in [0, 0.05) is 17.6 Å². The Labute approximate surface area is 111 Å². The predicted octanol–water partition coefficient (Wildman–Crippen LogP) is 3.80. The lowest BCUT2D eigenvalue weighted by molar-refractivity contribution is 0.195. The summed E-state index contributed by atoms with van der Waals surface area (Å²) in [6.45, 7) is 9.09. The second-order valence-corrected chi connectivity index (χ2v) is 6.60. The monoisotopic (exact) mass is 292 g/mol. The Kier molecular flexibility index (Phi) is 3.18. The Morgan fingerprint density at radius 3 is 2.47 bits per heavy atom. The van der Waals surface area contributed by atoms with Crippen LogP contribution in [0.4, 0.5) is 5.69 Å². The predicted molar refractivity (Wildman–Crippen MR) is 74.0 cm³/mol. The van der Waals surface area contributed by atoms with Gasteiger partial charge < -0.3 is 4.90 Å². The maximum Gasteiger partial charge on any atom is 0.0992 e. The molecule has 2 nitrogen and oxygen atoms in total. The fourth-order valence-electron chi connectivity index (χ4n) is 2.06. The summed E-state index contributed by atoms with van der Waals surface area (Å²) in [6.07, 6.45) is 0. The molecule has 1 aromatic rings. The Morgan fingerprint density at radius 2 is 2.00 bits per heavy atom. The Balaban J connectivity index is 2.10. The number of nitrogens with zero attached hydrogens (tertiary/aromatic N) is 2. The first-order valence-electron chi connectivity index (χ1n) is 5.86. The highest BCUT2D eigenvalue weighted by Gasteiger charge is 2.36. The summed E-state index contributed by atoms with van der Waals surface area (Å²) < 4.78 is 1.02. The van der Waals surface area contributed by atoms with Crippen LogP contribution in [0.15, 0.2) is 22.7 Å². The van der Waals surface area contributed by atoms with Gasteiger partial charge in [0.25, 0.3) is 0 Å². The van der Waals surface area contributed by atoms with E-state index in [9.17, 15) is 0 Å². The maximum atomic E-state index is 8.83. The third-order valence-electron chi connectivity index (χ3n) is 3.52. The average Bonchev–Trinajstić information content (AvgIpc) is 2.16. The van der Waals surface area contributed by atoms with E-state index in [-0.39, 0.29) is 0 Å². The fourth-order valence-corrected chi connectivity index (χ4v) is 2.69. The van der Waals surface area contributed by atoms with E-state index in [4.69, 9.17) is 5.26 Å². The minimum atomic E-state index is 0.384. The minimum absolute atomic E-state index is 0.384. The van der Waals surface area contributed by atoms with E-state index in [2.05, 4.69) is 47.7 Å². The molecule has 0 spiro atoms. The van der Waals surface area contributed by atoms with Crippen molar-refractivity contribution in [3.05, 3.63) is 28.2 Å². The van der Waals surface area contributed by atoms with Crippen molar-refractivity contribution in [1.82, 2.24) is 0 Å². The first-order chi connectivity index (χ1) is 7.91. The molecule has 17 heavy (non-hydrogen) atoms. The van der Waals surface area contributed by atoms with Gasteiger partial charge in [0.15, 0.2) is 0 Å². The van der Waals surface area contributed by atoms with E-state index >= 15 is 0 Å². The zero-order chi connectivity index (χ0) is 12.6. The quantitative estimate of drug-likeness (QED) is 0.787. The van der Waals surface area contributed by atoms with Crippen molar-refractivity contribution in [2.24, 2.45) is 11.3 Å². The topological polar surface area (TPSA) is 27.0 Å². The molecule has 0 aliphatic carbocycles.